The molecule has 100 valence electrons. The highest BCUT2D eigenvalue weighted by Crippen LogP contribution is 2.21. The van der Waals surface area contributed by atoms with Crippen LogP contribution in [0.4, 0.5) is 8.78 Å². The van der Waals surface area contributed by atoms with Crippen LogP contribution >= 0.6 is 15.9 Å². The van der Waals surface area contributed by atoms with E-state index in [1.165, 1.54) is 6.07 Å². The van der Waals surface area contributed by atoms with E-state index in [9.17, 15) is 8.78 Å². The summed E-state index contributed by atoms with van der Waals surface area (Å²) in [5.41, 5.74) is 4.36. The molecule has 2 aromatic carbocycles. The van der Waals surface area contributed by atoms with Gasteiger partial charge in [0.1, 0.15) is 0 Å². The first-order valence-electron chi connectivity index (χ1n) is 5.75. The normalized spacial score (nSPS) is 12.4. The lowest BCUT2D eigenvalue weighted by molar-refractivity contribution is 0.502. The Morgan fingerprint density at radius 2 is 1.74 bits per heavy atom. The smallest absolute Gasteiger partial charge is 0.159 e. The first-order chi connectivity index (χ1) is 9.10. The van der Waals surface area contributed by atoms with E-state index in [1.807, 2.05) is 24.3 Å². The second-order valence-corrected chi connectivity index (χ2v) is 5.14. The molecule has 0 fully saturated rings. The lowest BCUT2D eigenvalue weighted by Gasteiger charge is -2.16. The highest BCUT2D eigenvalue weighted by atomic mass is 79.9. The van der Waals surface area contributed by atoms with Gasteiger partial charge in [-0.15, -0.1) is 0 Å². The Kier molecular flexibility index (Phi) is 4.63. The van der Waals surface area contributed by atoms with Gasteiger partial charge in [0.25, 0.3) is 0 Å². The summed E-state index contributed by atoms with van der Waals surface area (Å²) >= 11 is 3.36. The van der Waals surface area contributed by atoms with E-state index in [4.69, 9.17) is 5.84 Å². The van der Waals surface area contributed by atoms with Gasteiger partial charge in [0.05, 0.1) is 0 Å². The van der Waals surface area contributed by atoms with E-state index in [0.717, 1.165) is 16.1 Å². The summed E-state index contributed by atoms with van der Waals surface area (Å²) in [5.74, 6) is 3.84. The van der Waals surface area contributed by atoms with Gasteiger partial charge < -0.3 is 0 Å². The van der Waals surface area contributed by atoms with Crippen LogP contribution in [0.25, 0.3) is 0 Å². The molecule has 0 aliphatic heterocycles. The van der Waals surface area contributed by atoms with Gasteiger partial charge in [-0.1, -0.05) is 34.1 Å². The summed E-state index contributed by atoms with van der Waals surface area (Å²) in [7, 11) is 0. The van der Waals surface area contributed by atoms with Gasteiger partial charge in [0, 0.05) is 10.5 Å². The maximum atomic E-state index is 13.2. The quantitative estimate of drug-likeness (QED) is 0.667. The van der Waals surface area contributed by atoms with Crippen LogP contribution in [-0.2, 0) is 6.42 Å². The van der Waals surface area contributed by atoms with Gasteiger partial charge in [0.2, 0.25) is 0 Å². The number of hydrogen-bond donors (Lipinski definition) is 2. The third kappa shape index (κ3) is 3.59. The van der Waals surface area contributed by atoms with Gasteiger partial charge in [0.15, 0.2) is 11.6 Å². The minimum Gasteiger partial charge on any atom is -0.271 e. The average molecular weight is 327 g/mol. The topological polar surface area (TPSA) is 38.0 Å². The predicted molar refractivity (Wildman–Crippen MR) is 74.3 cm³/mol. The summed E-state index contributed by atoms with van der Waals surface area (Å²) in [4.78, 5) is 0. The van der Waals surface area contributed by atoms with Crippen LogP contribution in [0.3, 0.4) is 0 Å². The van der Waals surface area contributed by atoms with Crippen molar-refractivity contribution in [2.75, 3.05) is 0 Å². The fraction of sp³-hybridized carbons (Fsp3) is 0.143. The van der Waals surface area contributed by atoms with Crippen LogP contribution < -0.4 is 11.3 Å². The number of hydrogen-bond acceptors (Lipinski definition) is 2. The van der Waals surface area contributed by atoms with Gasteiger partial charge in [-0.2, -0.15) is 0 Å². The Balaban J connectivity index is 2.18. The molecule has 0 saturated heterocycles. The SMILES string of the molecule is NNC(Cc1ccc(F)c(F)c1)c1ccc(Br)cc1. The monoisotopic (exact) mass is 326 g/mol. The predicted octanol–water partition coefficient (Wildman–Crippen LogP) is 3.47. The Morgan fingerprint density at radius 1 is 1.05 bits per heavy atom. The molecule has 0 amide bonds. The van der Waals surface area contributed by atoms with Gasteiger partial charge in [-0.25, -0.2) is 8.78 Å². The van der Waals surface area contributed by atoms with Crippen molar-refractivity contribution < 1.29 is 8.78 Å². The van der Waals surface area contributed by atoms with E-state index in [1.54, 1.807) is 6.07 Å². The fourth-order valence-corrected chi connectivity index (χ4v) is 2.13. The molecule has 0 spiro atoms. The number of nitrogens with two attached hydrogens (primary N) is 1. The Morgan fingerprint density at radius 3 is 2.32 bits per heavy atom. The molecule has 3 N–H and O–H groups in total. The van der Waals surface area contributed by atoms with E-state index >= 15 is 0 Å². The largest absolute Gasteiger partial charge is 0.271 e. The third-order valence-corrected chi connectivity index (χ3v) is 3.43. The minimum absolute atomic E-state index is 0.155. The Bertz CT molecular complexity index is 558. The van der Waals surface area contributed by atoms with Crippen molar-refractivity contribution in [3.63, 3.8) is 0 Å². The van der Waals surface area contributed by atoms with E-state index in [-0.39, 0.29) is 6.04 Å². The Hall–Kier alpha value is -1.30. The molecule has 2 nitrogen and oxygen atoms in total. The number of nitrogens with one attached hydrogen (secondary N) is 1. The van der Waals surface area contributed by atoms with Crippen molar-refractivity contribution in [3.8, 4) is 0 Å². The van der Waals surface area contributed by atoms with E-state index in [2.05, 4.69) is 21.4 Å². The second kappa shape index (κ2) is 6.23. The van der Waals surface area contributed by atoms with Crippen LogP contribution in [0.15, 0.2) is 46.9 Å². The van der Waals surface area contributed by atoms with Crippen molar-refractivity contribution in [1.29, 1.82) is 0 Å². The molecule has 0 radical (unpaired) electrons. The van der Waals surface area contributed by atoms with Gasteiger partial charge >= 0.3 is 0 Å². The summed E-state index contributed by atoms with van der Waals surface area (Å²) in [6, 6.07) is 11.4. The number of hydrazine groups is 1. The molecule has 0 heterocycles. The highest BCUT2D eigenvalue weighted by Gasteiger charge is 2.12. The summed E-state index contributed by atoms with van der Waals surface area (Å²) in [5, 5.41) is 0. The summed E-state index contributed by atoms with van der Waals surface area (Å²) < 4.78 is 27.0. The average Bonchev–Trinajstić information content (AvgIpc) is 2.41. The van der Waals surface area contributed by atoms with Gasteiger partial charge in [-0.3, -0.25) is 11.3 Å². The van der Waals surface area contributed by atoms with Crippen molar-refractivity contribution >= 4 is 15.9 Å². The molecule has 2 rings (SSSR count). The molecule has 5 heteroatoms. The number of halogens is 3. The molecule has 2 aromatic rings. The highest BCUT2D eigenvalue weighted by molar-refractivity contribution is 9.10. The fourth-order valence-electron chi connectivity index (χ4n) is 1.87. The molecule has 0 aliphatic rings. The molecular formula is C14H13BrF2N2. The molecule has 0 bridgehead atoms. The maximum Gasteiger partial charge on any atom is 0.159 e. The first kappa shape index (κ1) is 14.1. The van der Waals surface area contributed by atoms with Crippen LogP contribution in [0.5, 0.6) is 0 Å². The lowest BCUT2D eigenvalue weighted by atomic mass is 9.99. The number of rotatable bonds is 4. The lowest BCUT2D eigenvalue weighted by Crippen LogP contribution is -2.29. The molecular weight excluding hydrogens is 314 g/mol. The van der Waals surface area contributed by atoms with Crippen LogP contribution in [0.1, 0.15) is 17.2 Å². The first-order valence-corrected chi connectivity index (χ1v) is 6.55. The molecule has 19 heavy (non-hydrogen) atoms. The summed E-state index contributed by atoms with van der Waals surface area (Å²) in [6.45, 7) is 0. The third-order valence-electron chi connectivity index (χ3n) is 2.90. The van der Waals surface area contributed by atoms with Crippen molar-refractivity contribution in [2.24, 2.45) is 5.84 Å². The summed E-state index contributed by atoms with van der Waals surface area (Å²) in [6.07, 6.45) is 0.481. The van der Waals surface area contributed by atoms with Crippen molar-refractivity contribution in [2.45, 2.75) is 12.5 Å². The number of benzene rings is 2. The van der Waals surface area contributed by atoms with E-state index < -0.39 is 11.6 Å². The van der Waals surface area contributed by atoms with E-state index in [0.29, 0.717) is 12.0 Å². The van der Waals surface area contributed by atoms with Gasteiger partial charge in [-0.05, 0) is 41.8 Å². The molecule has 1 unspecified atom stereocenters. The minimum atomic E-state index is -0.843. The van der Waals surface area contributed by atoms with Crippen molar-refractivity contribution in [3.05, 3.63) is 69.7 Å². The molecule has 0 aromatic heterocycles. The molecule has 0 saturated carbocycles. The van der Waals surface area contributed by atoms with Crippen molar-refractivity contribution in [1.82, 2.24) is 5.43 Å². The molecule has 0 aliphatic carbocycles. The van der Waals surface area contributed by atoms with Crippen LogP contribution in [0, 0.1) is 11.6 Å². The molecule has 1 atom stereocenters. The van der Waals surface area contributed by atoms with Crippen LogP contribution in [-0.4, -0.2) is 0 Å². The maximum absolute atomic E-state index is 13.2. The zero-order valence-corrected chi connectivity index (χ0v) is 11.6. The second-order valence-electron chi connectivity index (χ2n) is 4.22. The Labute approximate surface area is 118 Å². The zero-order chi connectivity index (χ0) is 13.8. The standard InChI is InChI=1S/C14H13BrF2N2/c15-11-4-2-10(3-5-11)14(19-18)8-9-1-6-12(16)13(17)7-9/h1-7,14,19H,8,18H2. The zero-order valence-electron chi connectivity index (χ0n) is 10.0. The van der Waals surface area contributed by atoms with Crippen LogP contribution in [0.2, 0.25) is 0 Å².